The Bertz CT molecular complexity index is 1070. The smallest absolute Gasteiger partial charge is 0.291 e. The second kappa shape index (κ2) is 6.25. The first-order valence-corrected chi connectivity index (χ1v) is 8.22. The Hall–Kier alpha value is -2.99. The highest BCUT2D eigenvalue weighted by atomic mass is 32.1. The van der Waals surface area contributed by atoms with Gasteiger partial charge in [-0.25, -0.2) is 4.98 Å². The van der Waals surface area contributed by atoms with Gasteiger partial charge in [-0.15, -0.1) is 0 Å². The first kappa shape index (κ1) is 14.6. The van der Waals surface area contributed by atoms with Crippen molar-refractivity contribution in [2.24, 2.45) is 0 Å². The monoisotopic (exact) mass is 335 g/mol. The first-order chi connectivity index (χ1) is 11.8. The molecular weight excluding hydrogens is 322 g/mol. The van der Waals surface area contributed by atoms with Crippen LogP contribution in [0.15, 0.2) is 65.7 Å². The van der Waals surface area contributed by atoms with Crippen molar-refractivity contribution in [3.63, 3.8) is 0 Å². The number of rotatable bonds is 4. The van der Waals surface area contributed by atoms with E-state index in [2.05, 4.69) is 10.1 Å². The molecule has 2 aromatic carbocycles. The van der Waals surface area contributed by atoms with Gasteiger partial charge >= 0.3 is 0 Å². The molecule has 4 rings (SSSR count). The van der Waals surface area contributed by atoms with Crippen LogP contribution in [0.25, 0.3) is 11.0 Å². The normalized spacial score (nSPS) is 11.9. The first-order valence-electron chi connectivity index (χ1n) is 7.41. The molecule has 0 amide bonds. The van der Waals surface area contributed by atoms with Crippen molar-refractivity contribution < 1.29 is 4.74 Å². The van der Waals surface area contributed by atoms with Crippen molar-refractivity contribution in [3.05, 3.63) is 86.9 Å². The average molecular weight is 335 g/mol. The molecule has 0 radical (unpaired) electrons. The third-order valence-corrected chi connectivity index (χ3v) is 4.52. The lowest BCUT2D eigenvalue weighted by Crippen LogP contribution is -2.23. The summed E-state index contributed by atoms with van der Waals surface area (Å²) >= 11 is 1.33. The standard InChI is InChI=1S/C18H13N3O2S/c22-17-16(24-18-19-12-20-21(17)18)10-13-6-8-15(9-7-13)23-11-14-4-2-1-3-5-14/h1-10,12H,11H2/b16-10-. The second-order valence-electron chi connectivity index (χ2n) is 5.21. The lowest BCUT2D eigenvalue weighted by molar-refractivity contribution is 0.306. The van der Waals surface area contributed by atoms with Gasteiger partial charge in [0.1, 0.15) is 18.7 Å². The van der Waals surface area contributed by atoms with E-state index in [1.807, 2.05) is 60.7 Å². The molecule has 0 bridgehead atoms. The minimum Gasteiger partial charge on any atom is -0.489 e. The molecule has 0 spiro atoms. The van der Waals surface area contributed by atoms with Crippen molar-refractivity contribution in [2.75, 3.05) is 0 Å². The van der Waals surface area contributed by atoms with Gasteiger partial charge in [0.2, 0.25) is 4.96 Å². The summed E-state index contributed by atoms with van der Waals surface area (Å²) < 4.78 is 7.69. The molecule has 0 fully saturated rings. The van der Waals surface area contributed by atoms with Crippen LogP contribution in [-0.4, -0.2) is 14.6 Å². The summed E-state index contributed by atoms with van der Waals surface area (Å²) in [6.07, 6.45) is 3.22. The summed E-state index contributed by atoms with van der Waals surface area (Å²) in [6, 6.07) is 17.7. The van der Waals surface area contributed by atoms with Gasteiger partial charge in [0.05, 0.1) is 4.53 Å². The van der Waals surface area contributed by atoms with E-state index in [0.29, 0.717) is 16.1 Å². The highest BCUT2D eigenvalue weighted by molar-refractivity contribution is 7.15. The Balaban J connectivity index is 1.53. The fourth-order valence-corrected chi connectivity index (χ4v) is 3.21. The van der Waals surface area contributed by atoms with Crippen LogP contribution < -0.4 is 14.8 Å². The van der Waals surface area contributed by atoms with Crippen molar-refractivity contribution in [2.45, 2.75) is 6.61 Å². The van der Waals surface area contributed by atoms with Gasteiger partial charge in [-0.2, -0.15) is 9.61 Å². The maximum Gasteiger partial charge on any atom is 0.291 e. The Morgan fingerprint density at radius 2 is 1.88 bits per heavy atom. The molecule has 0 aliphatic heterocycles. The van der Waals surface area contributed by atoms with Crippen LogP contribution >= 0.6 is 11.3 Å². The highest BCUT2D eigenvalue weighted by Gasteiger charge is 2.05. The molecule has 0 saturated carbocycles. The van der Waals surface area contributed by atoms with E-state index < -0.39 is 0 Å². The van der Waals surface area contributed by atoms with Gasteiger partial charge in [0.15, 0.2) is 0 Å². The third-order valence-electron chi connectivity index (χ3n) is 3.55. The van der Waals surface area contributed by atoms with Crippen LogP contribution in [0.4, 0.5) is 0 Å². The number of thiazole rings is 1. The average Bonchev–Trinajstić information content (AvgIpc) is 3.19. The Kier molecular flexibility index (Phi) is 3.80. The summed E-state index contributed by atoms with van der Waals surface area (Å²) in [5, 5.41) is 3.91. The largest absolute Gasteiger partial charge is 0.489 e. The van der Waals surface area contributed by atoms with E-state index in [1.165, 1.54) is 22.2 Å². The van der Waals surface area contributed by atoms with E-state index in [1.54, 1.807) is 0 Å². The Morgan fingerprint density at radius 1 is 1.08 bits per heavy atom. The number of hydrogen-bond acceptors (Lipinski definition) is 5. The molecule has 4 aromatic rings. The molecule has 2 aromatic heterocycles. The zero-order valence-electron chi connectivity index (χ0n) is 12.6. The van der Waals surface area contributed by atoms with Gasteiger partial charge in [-0.1, -0.05) is 53.8 Å². The lowest BCUT2D eigenvalue weighted by atomic mass is 10.2. The number of benzene rings is 2. The molecule has 0 aliphatic rings. The molecule has 0 saturated heterocycles. The fourth-order valence-electron chi connectivity index (χ4n) is 2.33. The Morgan fingerprint density at radius 3 is 2.62 bits per heavy atom. The fraction of sp³-hybridized carbons (Fsp3) is 0.0556. The maximum absolute atomic E-state index is 12.1. The zero-order chi connectivity index (χ0) is 16.4. The van der Waals surface area contributed by atoms with E-state index in [9.17, 15) is 4.79 Å². The van der Waals surface area contributed by atoms with Crippen molar-refractivity contribution in [3.8, 4) is 5.75 Å². The SMILES string of the molecule is O=c1/c(=C/c2ccc(OCc3ccccc3)cc2)sc2ncnn12. The van der Waals surface area contributed by atoms with Gasteiger partial charge < -0.3 is 4.74 Å². The lowest BCUT2D eigenvalue weighted by Gasteiger charge is -2.06. The maximum atomic E-state index is 12.1. The second-order valence-corrected chi connectivity index (χ2v) is 6.22. The molecule has 2 heterocycles. The third kappa shape index (κ3) is 2.91. The van der Waals surface area contributed by atoms with Crippen LogP contribution in [0, 0.1) is 0 Å². The quantitative estimate of drug-likeness (QED) is 0.574. The van der Waals surface area contributed by atoms with E-state index in [4.69, 9.17) is 4.74 Å². The van der Waals surface area contributed by atoms with Crippen LogP contribution in [0.3, 0.4) is 0 Å². The predicted molar refractivity (Wildman–Crippen MR) is 93.1 cm³/mol. The molecular formula is C18H13N3O2S. The molecule has 0 unspecified atom stereocenters. The van der Waals surface area contributed by atoms with E-state index >= 15 is 0 Å². The molecule has 6 heteroatoms. The minimum absolute atomic E-state index is 0.142. The highest BCUT2D eigenvalue weighted by Crippen LogP contribution is 2.14. The van der Waals surface area contributed by atoms with Crippen LogP contribution in [-0.2, 0) is 6.61 Å². The number of ether oxygens (including phenoxy) is 1. The number of fused-ring (bicyclic) bond motifs is 1. The number of hydrogen-bond donors (Lipinski definition) is 0. The van der Waals surface area contributed by atoms with Gasteiger partial charge in [0.25, 0.3) is 5.56 Å². The molecule has 0 atom stereocenters. The molecule has 5 nitrogen and oxygen atoms in total. The van der Waals surface area contributed by atoms with Crippen molar-refractivity contribution in [1.82, 2.24) is 14.6 Å². The predicted octanol–water partition coefficient (Wildman–Crippen LogP) is 2.28. The molecule has 0 aliphatic carbocycles. The van der Waals surface area contributed by atoms with Crippen LogP contribution in [0.5, 0.6) is 5.75 Å². The zero-order valence-corrected chi connectivity index (χ0v) is 13.4. The molecule has 118 valence electrons. The van der Waals surface area contributed by atoms with Crippen LogP contribution in [0.1, 0.15) is 11.1 Å². The van der Waals surface area contributed by atoms with Gasteiger partial charge in [-0.3, -0.25) is 4.79 Å². The van der Waals surface area contributed by atoms with Gasteiger partial charge in [0, 0.05) is 0 Å². The van der Waals surface area contributed by atoms with Crippen molar-refractivity contribution in [1.29, 1.82) is 0 Å². The van der Waals surface area contributed by atoms with Gasteiger partial charge in [-0.05, 0) is 29.3 Å². The summed E-state index contributed by atoms with van der Waals surface area (Å²) in [7, 11) is 0. The van der Waals surface area contributed by atoms with Crippen LogP contribution in [0.2, 0.25) is 0 Å². The summed E-state index contributed by atoms with van der Waals surface area (Å²) in [5.74, 6) is 0.793. The summed E-state index contributed by atoms with van der Waals surface area (Å²) in [5.41, 5.74) is 1.92. The molecule has 24 heavy (non-hydrogen) atoms. The summed E-state index contributed by atoms with van der Waals surface area (Å²) in [4.78, 5) is 16.8. The Labute approximate surface area is 141 Å². The minimum atomic E-state index is -0.142. The van der Waals surface area contributed by atoms with E-state index in [0.717, 1.165) is 16.9 Å². The van der Waals surface area contributed by atoms with E-state index in [-0.39, 0.29) is 5.56 Å². The number of aromatic nitrogens is 3. The topological polar surface area (TPSA) is 56.5 Å². The van der Waals surface area contributed by atoms with Crippen molar-refractivity contribution >= 4 is 22.4 Å². The summed E-state index contributed by atoms with van der Waals surface area (Å²) in [6.45, 7) is 0.530. The molecule has 0 N–H and O–H groups in total. The number of nitrogens with zero attached hydrogens (tertiary/aromatic N) is 3.